The third-order valence-corrected chi connectivity index (χ3v) is 5.40. The van der Waals surface area contributed by atoms with Crippen LogP contribution in [-0.2, 0) is 4.74 Å². The van der Waals surface area contributed by atoms with Gasteiger partial charge in [0.05, 0.1) is 5.60 Å². The Labute approximate surface area is 127 Å². The van der Waals surface area contributed by atoms with Gasteiger partial charge in [0.25, 0.3) is 0 Å². The zero-order chi connectivity index (χ0) is 14.9. The van der Waals surface area contributed by atoms with Gasteiger partial charge in [-0.3, -0.25) is 0 Å². The van der Waals surface area contributed by atoms with Gasteiger partial charge in [-0.1, -0.05) is 18.9 Å². The molecule has 2 atom stereocenters. The molecule has 1 aliphatic carbocycles. The second-order valence-corrected chi connectivity index (χ2v) is 6.76. The quantitative estimate of drug-likeness (QED) is 0.904. The molecule has 2 aliphatic rings. The summed E-state index contributed by atoms with van der Waals surface area (Å²) in [4.78, 5) is 0. The van der Waals surface area contributed by atoms with Crippen LogP contribution in [0.15, 0.2) is 18.2 Å². The summed E-state index contributed by atoms with van der Waals surface area (Å²) in [5.41, 5.74) is 2.41. The van der Waals surface area contributed by atoms with Crippen LogP contribution in [0.5, 0.6) is 0 Å². The standard InChI is InChI=1S/C18H26FNO/c1-13-11-15(19)5-6-16(13)17(20-2)14-7-10-21-18(12-14)8-3-4-9-18/h5-6,11,14,17,20H,3-4,7-10,12H2,1-2H3. The van der Waals surface area contributed by atoms with Gasteiger partial charge < -0.3 is 10.1 Å². The van der Waals surface area contributed by atoms with Crippen molar-refractivity contribution in [2.24, 2.45) is 5.92 Å². The summed E-state index contributed by atoms with van der Waals surface area (Å²) in [6.45, 7) is 2.87. The van der Waals surface area contributed by atoms with Gasteiger partial charge in [0.15, 0.2) is 0 Å². The molecule has 2 nitrogen and oxygen atoms in total. The van der Waals surface area contributed by atoms with Gasteiger partial charge in [-0.25, -0.2) is 4.39 Å². The average Bonchev–Trinajstić information content (AvgIpc) is 2.90. The van der Waals surface area contributed by atoms with Crippen molar-refractivity contribution in [3.05, 3.63) is 35.1 Å². The van der Waals surface area contributed by atoms with Gasteiger partial charge in [-0.2, -0.15) is 0 Å². The molecule has 3 rings (SSSR count). The third kappa shape index (κ3) is 3.00. The van der Waals surface area contributed by atoms with Crippen molar-refractivity contribution in [2.45, 2.75) is 57.1 Å². The molecule has 0 aromatic heterocycles. The summed E-state index contributed by atoms with van der Waals surface area (Å²) in [6.07, 6.45) is 7.24. The number of hydrogen-bond acceptors (Lipinski definition) is 2. The zero-order valence-electron chi connectivity index (χ0n) is 13.1. The first-order valence-electron chi connectivity index (χ1n) is 8.21. The van der Waals surface area contributed by atoms with E-state index in [4.69, 9.17) is 4.74 Å². The number of ether oxygens (including phenoxy) is 1. The highest BCUT2D eigenvalue weighted by molar-refractivity contribution is 5.30. The Bertz CT molecular complexity index is 496. The fraction of sp³-hybridized carbons (Fsp3) is 0.667. The summed E-state index contributed by atoms with van der Waals surface area (Å²) >= 11 is 0. The summed E-state index contributed by atoms with van der Waals surface area (Å²) in [5, 5.41) is 3.48. The van der Waals surface area contributed by atoms with Crippen LogP contribution in [0, 0.1) is 18.7 Å². The summed E-state index contributed by atoms with van der Waals surface area (Å²) in [6, 6.07) is 5.47. The molecule has 1 aromatic rings. The molecule has 1 aromatic carbocycles. The van der Waals surface area contributed by atoms with Gasteiger partial charge in [0.2, 0.25) is 0 Å². The fourth-order valence-corrected chi connectivity index (χ4v) is 4.35. The van der Waals surface area contributed by atoms with Crippen LogP contribution in [0.4, 0.5) is 4.39 Å². The summed E-state index contributed by atoms with van der Waals surface area (Å²) in [7, 11) is 2.02. The first kappa shape index (κ1) is 15.0. The maximum absolute atomic E-state index is 13.4. The lowest BCUT2D eigenvalue weighted by molar-refractivity contribution is -0.0979. The SMILES string of the molecule is CNC(c1ccc(F)cc1C)C1CCOC2(CCCC2)C1. The molecule has 0 amide bonds. The highest BCUT2D eigenvalue weighted by atomic mass is 19.1. The molecule has 2 unspecified atom stereocenters. The molecule has 0 radical (unpaired) electrons. The Morgan fingerprint density at radius 1 is 1.33 bits per heavy atom. The summed E-state index contributed by atoms with van der Waals surface area (Å²) in [5.74, 6) is 0.427. The lowest BCUT2D eigenvalue weighted by atomic mass is 9.78. The van der Waals surface area contributed by atoms with E-state index in [1.807, 2.05) is 20.0 Å². The molecule has 1 saturated heterocycles. The number of halogens is 1. The number of benzene rings is 1. The number of aryl methyl sites for hydroxylation is 1. The molecular formula is C18H26FNO. The Kier molecular flexibility index (Phi) is 4.32. The monoisotopic (exact) mass is 291 g/mol. The van der Waals surface area contributed by atoms with Crippen molar-refractivity contribution in [3.8, 4) is 0 Å². The lowest BCUT2D eigenvalue weighted by Crippen LogP contribution is -2.41. The topological polar surface area (TPSA) is 21.3 Å². The molecule has 3 heteroatoms. The van der Waals surface area contributed by atoms with E-state index in [1.54, 1.807) is 12.1 Å². The van der Waals surface area contributed by atoms with E-state index in [0.717, 1.165) is 25.0 Å². The third-order valence-electron chi connectivity index (χ3n) is 5.40. The molecular weight excluding hydrogens is 265 g/mol. The predicted octanol–water partition coefficient (Wildman–Crippen LogP) is 4.13. The average molecular weight is 291 g/mol. The van der Waals surface area contributed by atoms with Crippen LogP contribution < -0.4 is 5.32 Å². The molecule has 116 valence electrons. The number of hydrogen-bond donors (Lipinski definition) is 1. The Morgan fingerprint density at radius 2 is 2.10 bits per heavy atom. The van der Waals surface area contributed by atoms with Crippen molar-refractivity contribution in [1.82, 2.24) is 5.32 Å². The smallest absolute Gasteiger partial charge is 0.123 e. The van der Waals surface area contributed by atoms with Crippen LogP contribution in [0.25, 0.3) is 0 Å². The molecule has 1 saturated carbocycles. The van der Waals surface area contributed by atoms with E-state index in [2.05, 4.69) is 5.32 Å². The van der Waals surface area contributed by atoms with Crippen molar-refractivity contribution in [3.63, 3.8) is 0 Å². The zero-order valence-corrected chi connectivity index (χ0v) is 13.1. The van der Waals surface area contributed by atoms with Gasteiger partial charge in [-0.15, -0.1) is 0 Å². The highest BCUT2D eigenvalue weighted by Crippen LogP contribution is 2.45. The Morgan fingerprint density at radius 3 is 2.76 bits per heavy atom. The van der Waals surface area contributed by atoms with Crippen molar-refractivity contribution < 1.29 is 9.13 Å². The van der Waals surface area contributed by atoms with Gasteiger partial charge in [-0.05, 0) is 68.8 Å². The highest BCUT2D eigenvalue weighted by Gasteiger charge is 2.42. The largest absolute Gasteiger partial charge is 0.375 e. The van der Waals surface area contributed by atoms with E-state index in [1.165, 1.54) is 31.2 Å². The second kappa shape index (κ2) is 6.05. The van der Waals surface area contributed by atoms with E-state index in [-0.39, 0.29) is 11.4 Å². The van der Waals surface area contributed by atoms with Crippen molar-refractivity contribution in [2.75, 3.05) is 13.7 Å². The minimum Gasteiger partial charge on any atom is -0.375 e. The van der Waals surface area contributed by atoms with E-state index in [9.17, 15) is 4.39 Å². The van der Waals surface area contributed by atoms with Crippen LogP contribution in [0.3, 0.4) is 0 Å². The molecule has 0 bridgehead atoms. The van der Waals surface area contributed by atoms with Gasteiger partial charge in [0, 0.05) is 12.6 Å². The minimum absolute atomic E-state index is 0.131. The van der Waals surface area contributed by atoms with Crippen LogP contribution >= 0.6 is 0 Å². The molecule has 1 N–H and O–H groups in total. The predicted molar refractivity (Wildman–Crippen MR) is 82.8 cm³/mol. The van der Waals surface area contributed by atoms with Crippen molar-refractivity contribution >= 4 is 0 Å². The Hall–Kier alpha value is -0.930. The minimum atomic E-state index is -0.148. The molecule has 21 heavy (non-hydrogen) atoms. The lowest BCUT2D eigenvalue weighted by Gasteiger charge is -2.41. The maximum Gasteiger partial charge on any atom is 0.123 e. The van der Waals surface area contributed by atoms with Crippen LogP contribution in [0.2, 0.25) is 0 Å². The van der Waals surface area contributed by atoms with Crippen LogP contribution in [-0.4, -0.2) is 19.3 Å². The second-order valence-electron chi connectivity index (χ2n) is 6.76. The normalized spacial score (nSPS) is 26.1. The van der Waals surface area contributed by atoms with Crippen molar-refractivity contribution in [1.29, 1.82) is 0 Å². The van der Waals surface area contributed by atoms with Gasteiger partial charge in [0.1, 0.15) is 5.82 Å². The first-order valence-corrected chi connectivity index (χ1v) is 8.21. The van der Waals surface area contributed by atoms with E-state index < -0.39 is 0 Å². The molecule has 1 aliphatic heterocycles. The van der Waals surface area contributed by atoms with E-state index in [0.29, 0.717) is 12.0 Å². The van der Waals surface area contributed by atoms with Crippen LogP contribution in [0.1, 0.15) is 55.7 Å². The first-order chi connectivity index (χ1) is 10.1. The summed E-state index contributed by atoms with van der Waals surface area (Å²) < 4.78 is 19.5. The van der Waals surface area contributed by atoms with E-state index >= 15 is 0 Å². The molecule has 2 fully saturated rings. The fourth-order valence-electron chi connectivity index (χ4n) is 4.35. The molecule has 1 spiro atoms. The molecule has 1 heterocycles. The maximum atomic E-state index is 13.4. The number of rotatable bonds is 3. The number of nitrogens with one attached hydrogen (secondary N) is 1. The van der Waals surface area contributed by atoms with Gasteiger partial charge >= 0.3 is 0 Å². The Balaban J connectivity index is 1.82.